The lowest BCUT2D eigenvalue weighted by Crippen LogP contribution is -2.35. The Hall–Kier alpha value is -4.04. The molecule has 3 atom stereocenters. The number of nitrogens with zero attached hydrogens (tertiary/aromatic N) is 3. The number of benzene rings is 1. The van der Waals surface area contributed by atoms with Gasteiger partial charge in [0.05, 0.1) is 45.5 Å². The van der Waals surface area contributed by atoms with Crippen molar-refractivity contribution in [2.75, 3.05) is 0 Å². The van der Waals surface area contributed by atoms with Crippen LogP contribution >= 0.6 is 0 Å². The van der Waals surface area contributed by atoms with Gasteiger partial charge in [0.1, 0.15) is 12.2 Å². The van der Waals surface area contributed by atoms with E-state index in [1.165, 1.54) is 12.1 Å². The minimum Gasteiger partial charge on any atom is -0.494 e. The van der Waals surface area contributed by atoms with Gasteiger partial charge in [-0.05, 0) is 56.2 Å². The smallest absolute Gasteiger partial charge is 0.417 e. The summed E-state index contributed by atoms with van der Waals surface area (Å²) in [6.45, 7) is 3.21. The first kappa shape index (κ1) is 23.7. The maximum atomic E-state index is 13.5. The summed E-state index contributed by atoms with van der Waals surface area (Å²) in [7, 11) is 0. The van der Waals surface area contributed by atoms with Crippen LogP contribution in [0.4, 0.5) is 13.2 Å². The molecule has 2 aliphatic rings. The Morgan fingerprint density at radius 3 is 2.53 bits per heavy atom. The maximum Gasteiger partial charge on any atom is 0.417 e. The van der Waals surface area contributed by atoms with Crippen LogP contribution in [-0.4, -0.2) is 25.7 Å². The molecule has 5 rings (SSSR count). The summed E-state index contributed by atoms with van der Waals surface area (Å²) < 4.78 is 53.1. The number of nitriles is 1. The summed E-state index contributed by atoms with van der Waals surface area (Å²) in [5, 5.41) is 31.2. The fourth-order valence-corrected chi connectivity index (χ4v) is 5.35. The van der Waals surface area contributed by atoms with Crippen molar-refractivity contribution < 1.29 is 37.7 Å². The molecule has 0 spiro atoms. The third-order valence-electron chi connectivity index (χ3n) is 6.94. The van der Waals surface area contributed by atoms with Crippen LogP contribution in [-0.2, 0) is 38.3 Å². The van der Waals surface area contributed by atoms with E-state index in [1.807, 2.05) is 0 Å². The second kappa shape index (κ2) is 7.73. The van der Waals surface area contributed by atoms with Crippen LogP contribution in [0.1, 0.15) is 48.1 Å². The number of esters is 1. The predicted molar refractivity (Wildman–Crippen MR) is 117 cm³/mol. The highest BCUT2D eigenvalue weighted by atomic mass is 19.4. The van der Waals surface area contributed by atoms with Crippen molar-refractivity contribution in [1.82, 2.24) is 9.55 Å². The standard InChI is InChI=1S/C25H20F3N3O5/c1-23-10-17(22(34)35-12-13-5-7-30-8-6-13)24(2,36-23)19-18(23)20(32)31(21(19)33)15-4-3-14(11-29)16(9-15)25(26,27)28/h3-9,17,32-33H,10,12H2,1-2H3/t17-,23-,24+/m0/s1. The van der Waals surface area contributed by atoms with Gasteiger partial charge < -0.3 is 19.7 Å². The molecular formula is C25H20F3N3O5. The molecule has 1 saturated heterocycles. The number of rotatable bonds is 4. The second-order valence-corrected chi connectivity index (χ2v) is 9.23. The van der Waals surface area contributed by atoms with Gasteiger partial charge in [0.2, 0.25) is 11.8 Å². The highest BCUT2D eigenvalue weighted by Gasteiger charge is 2.66. The Kier molecular flexibility index (Phi) is 5.09. The van der Waals surface area contributed by atoms with Gasteiger partial charge in [-0.15, -0.1) is 0 Å². The highest BCUT2D eigenvalue weighted by molar-refractivity contribution is 5.78. The van der Waals surface area contributed by atoms with Crippen molar-refractivity contribution in [3.05, 3.63) is 70.5 Å². The molecule has 8 nitrogen and oxygen atoms in total. The highest BCUT2D eigenvalue weighted by Crippen LogP contribution is 2.66. The average molecular weight is 499 g/mol. The van der Waals surface area contributed by atoms with Crippen molar-refractivity contribution >= 4 is 5.97 Å². The van der Waals surface area contributed by atoms with E-state index in [9.17, 15) is 28.2 Å². The van der Waals surface area contributed by atoms with Crippen molar-refractivity contribution in [2.24, 2.45) is 5.92 Å². The number of aromatic nitrogens is 2. The number of pyridine rings is 1. The molecule has 2 N–H and O–H groups in total. The van der Waals surface area contributed by atoms with Gasteiger partial charge in [-0.2, -0.15) is 18.4 Å². The normalized spacial score (nSPS) is 24.4. The van der Waals surface area contributed by atoms with E-state index in [4.69, 9.17) is 14.7 Å². The van der Waals surface area contributed by atoms with E-state index >= 15 is 0 Å². The number of fused-ring (bicyclic) bond motifs is 5. The van der Waals surface area contributed by atoms with E-state index in [-0.39, 0.29) is 29.8 Å². The van der Waals surface area contributed by atoms with Gasteiger partial charge in [-0.3, -0.25) is 14.3 Å². The maximum absolute atomic E-state index is 13.5. The van der Waals surface area contributed by atoms with Gasteiger partial charge in [0, 0.05) is 12.4 Å². The molecule has 36 heavy (non-hydrogen) atoms. The number of carbonyl (C=O) groups is 1. The van der Waals surface area contributed by atoms with Crippen LogP contribution in [0.3, 0.4) is 0 Å². The largest absolute Gasteiger partial charge is 0.494 e. The SMILES string of the molecule is C[C@@]12O[C@@](C)(C[C@H]1C(=O)OCc1ccncc1)c1c2c(O)n(-c2ccc(C#N)c(C(F)(F)F)c2)c1O. The zero-order valence-electron chi connectivity index (χ0n) is 19.1. The Bertz CT molecular complexity index is 1430. The Morgan fingerprint density at radius 2 is 1.89 bits per heavy atom. The van der Waals surface area contributed by atoms with Gasteiger partial charge in [-0.1, -0.05) is 0 Å². The summed E-state index contributed by atoms with van der Waals surface area (Å²) in [6, 6.07) is 7.73. The van der Waals surface area contributed by atoms with Crippen LogP contribution in [0.2, 0.25) is 0 Å². The predicted octanol–water partition coefficient (Wildman–Crippen LogP) is 4.40. The van der Waals surface area contributed by atoms with Crippen molar-refractivity contribution in [3.63, 3.8) is 0 Å². The molecule has 1 aromatic carbocycles. The first-order valence-corrected chi connectivity index (χ1v) is 11.0. The minimum atomic E-state index is -4.83. The van der Waals surface area contributed by atoms with Crippen LogP contribution in [0.5, 0.6) is 11.8 Å². The average Bonchev–Trinajstić information content (AvgIpc) is 3.37. The zero-order valence-corrected chi connectivity index (χ0v) is 19.1. The number of ether oxygens (including phenoxy) is 2. The molecule has 0 amide bonds. The summed E-state index contributed by atoms with van der Waals surface area (Å²) in [5.41, 5.74) is -3.56. The molecule has 0 unspecified atom stereocenters. The molecule has 2 aromatic heterocycles. The van der Waals surface area contributed by atoms with Crippen molar-refractivity contribution in [2.45, 2.75) is 44.3 Å². The van der Waals surface area contributed by atoms with Gasteiger partial charge in [-0.25, -0.2) is 0 Å². The molecule has 11 heteroatoms. The first-order valence-electron chi connectivity index (χ1n) is 11.0. The van der Waals surface area contributed by atoms with Gasteiger partial charge in [0.25, 0.3) is 0 Å². The first-order chi connectivity index (χ1) is 16.9. The molecular weight excluding hydrogens is 479 g/mol. The Morgan fingerprint density at radius 1 is 1.22 bits per heavy atom. The lowest BCUT2D eigenvalue weighted by atomic mass is 9.72. The van der Waals surface area contributed by atoms with Crippen LogP contribution in [0.25, 0.3) is 5.69 Å². The van der Waals surface area contributed by atoms with Crippen molar-refractivity contribution in [1.29, 1.82) is 5.26 Å². The molecule has 186 valence electrons. The fraction of sp³-hybridized carbons (Fsp3) is 0.320. The number of carbonyl (C=O) groups excluding carboxylic acids is 1. The Balaban J connectivity index is 1.55. The molecule has 4 heterocycles. The number of alkyl halides is 3. The zero-order chi connectivity index (χ0) is 26.0. The second-order valence-electron chi connectivity index (χ2n) is 9.23. The lowest BCUT2D eigenvalue weighted by molar-refractivity contribution is -0.157. The molecule has 2 bridgehead atoms. The number of hydrogen-bond donors (Lipinski definition) is 2. The third-order valence-corrected chi connectivity index (χ3v) is 6.94. The molecule has 0 radical (unpaired) electrons. The third kappa shape index (κ3) is 3.32. The molecule has 3 aromatic rings. The van der Waals surface area contributed by atoms with E-state index in [1.54, 1.807) is 38.4 Å². The van der Waals surface area contributed by atoms with Crippen LogP contribution < -0.4 is 0 Å². The van der Waals surface area contributed by atoms with E-state index in [2.05, 4.69) is 4.98 Å². The Labute approximate surface area is 203 Å². The lowest BCUT2D eigenvalue weighted by Gasteiger charge is -2.28. The fourth-order valence-electron chi connectivity index (χ4n) is 5.35. The van der Waals surface area contributed by atoms with Gasteiger partial charge in [0.15, 0.2) is 0 Å². The topological polar surface area (TPSA) is 118 Å². The number of halogens is 3. The van der Waals surface area contributed by atoms with Crippen LogP contribution in [0, 0.1) is 17.2 Å². The van der Waals surface area contributed by atoms with Crippen LogP contribution in [0.15, 0.2) is 42.7 Å². The summed E-state index contributed by atoms with van der Waals surface area (Å²) in [6.07, 6.45) is -1.57. The van der Waals surface area contributed by atoms with Gasteiger partial charge >= 0.3 is 12.1 Å². The minimum absolute atomic E-state index is 0.00120. The van der Waals surface area contributed by atoms with E-state index in [0.717, 1.165) is 16.2 Å². The van der Waals surface area contributed by atoms with E-state index < -0.39 is 52.2 Å². The molecule has 2 aliphatic heterocycles. The molecule has 0 saturated carbocycles. The summed E-state index contributed by atoms with van der Waals surface area (Å²) in [5.74, 6) is -2.48. The monoisotopic (exact) mass is 499 g/mol. The van der Waals surface area contributed by atoms with E-state index in [0.29, 0.717) is 6.07 Å². The molecule has 0 aliphatic carbocycles. The number of aromatic hydroxyl groups is 2. The quantitative estimate of drug-likeness (QED) is 0.511. The summed E-state index contributed by atoms with van der Waals surface area (Å²) in [4.78, 5) is 16.9. The summed E-state index contributed by atoms with van der Waals surface area (Å²) >= 11 is 0. The number of hydrogen-bond acceptors (Lipinski definition) is 7. The van der Waals surface area contributed by atoms with Crippen molar-refractivity contribution in [3.8, 4) is 23.5 Å². The molecule has 1 fully saturated rings.